The summed E-state index contributed by atoms with van der Waals surface area (Å²) in [6.07, 6.45) is 23.6. The Balaban J connectivity index is 3.71. The van der Waals surface area contributed by atoms with Crippen LogP contribution in [-0.2, 0) is 14.3 Å². The number of carboxylic acid groups (broad SMARTS) is 1. The van der Waals surface area contributed by atoms with E-state index in [1.807, 2.05) is 6.92 Å². The molecule has 0 fully saturated rings. The van der Waals surface area contributed by atoms with Gasteiger partial charge in [-0.2, -0.15) is 0 Å². The number of allylic oxidation sites excluding steroid dienone is 6. The van der Waals surface area contributed by atoms with E-state index in [9.17, 15) is 9.59 Å². The lowest BCUT2D eigenvalue weighted by Crippen LogP contribution is -2.18. The number of rotatable bonds is 18. The number of esters is 1. The van der Waals surface area contributed by atoms with E-state index < -0.39 is 5.97 Å². The van der Waals surface area contributed by atoms with Crippen LogP contribution in [0.2, 0.25) is 0 Å². The van der Waals surface area contributed by atoms with Gasteiger partial charge in [-0.15, -0.1) is 0 Å². The molecule has 0 amide bonds. The number of carbonyl (C=O) groups is 2. The fraction of sp³-hybridized carbons (Fsp3) is 0.667. The Labute approximate surface area is 171 Å². The van der Waals surface area contributed by atoms with Gasteiger partial charge < -0.3 is 9.84 Å². The predicted octanol–water partition coefficient (Wildman–Crippen LogP) is 6.76. The van der Waals surface area contributed by atoms with Crippen LogP contribution < -0.4 is 0 Å². The van der Waals surface area contributed by atoms with Gasteiger partial charge in [0.2, 0.25) is 0 Å². The molecule has 28 heavy (non-hydrogen) atoms. The van der Waals surface area contributed by atoms with Crippen LogP contribution in [0.15, 0.2) is 36.5 Å². The van der Waals surface area contributed by atoms with Gasteiger partial charge in [-0.1, -0.05) is 63.1 Å². The van der Waals surface area contributed by atoms with E-state index in [1.54, 1.807) is 0 Å². The van der Waals surface area contributed by atoms with Crippen molar-refractivity contribution in [3.63, 3.8) is 0 Å². The highest BCUT2D eigenvalue weighted by Crippen LogP contribution is 2.13. The molecule has 0 bridgehead atoms. The van der Waals surface area contributed by atoms with Gasteiger partial charge in [0.05, 0.1) is 0 Å². The summed E-state index contributed by atoms with van der Waals surface area (Å²) in [6, 6.07) is 0. The average Bonchev–Trinajstić information content (AvgIpc) is 2.65. The zero-order valence-corrected chi connectivity index (χ0v) is 17.9. The van der Waals surface area contributed by atoms with Gasteiger partial charge >= 0.3 is 11.9 Å². The zero-order chi connectivity index (χ0) is 20.9. The first kappa shape index (κ1) is 26.2. The van der Waals surface area contributed by atoms with Gasteiger partial charge in [-0.05, 0) is 57.8 Å². The first-order chi connectivity index (χ1) is 13.6. The number of unbranched alkanes of at least 4 members (excludes halogenated alkanes) is 3. The van der Waals surface area contributed by atoms with Crippen LogP contribution >= 0.6 is 0 Å². The summed E-state index contributed by atoms with van der Waals surface area (Å²) in [6.45, 7) is 4.19. The standard InChI is InChI=1S/C24H40O4/c1-3-5-6-7-8-9-10-11-12-13-14-15-16-21-24(27)28-22(18-4-2)19-17-20-23(25)26/h5-6,8-9,11-12,22H,3-4,7,10,13-21H2,1-2H3,(H,25,26)/b6-5-,9-8-,12-11-. The van der Waals surface area contributed by atoms with Crippen molar-refractivity contribution in [3.05, 3.63) is 36.5 Å². The second kappa shape index (κ2) is 19.9. The highest BCUT2D eigenvalue weighted by molar-refractivity contribution is 5.69. The first-order valence-corrected chi connectivity index (χ1v) is 11.0. The van der Waals surface area contributed by atoms with E-state index in [0.29, 0.717) is 19.3 Å². The SMILES string of the molecule is CC/C=C\C/C=C\C/C=C\CCCCCC(=O)OC(CCC)CCCC(=O)O. The molecular formula is C24H40O4. The molecule has 1 unspecified atom stereocenters. The molecule has 0 aromatic carbocycles. The van der Waals surface area contributed by atoms with Crippen molar-refractivity contribution in [2.45, 2.75) is 103 Å². The minimum atomic E-state index is -0.796. The van der Waals surface area contributed by atoms with Crippen molar-refractivity contribution >= 4 is 11.9 Å². The Morgan fingerprint density at radius 3 is 2.14 bits per heavy atom. The summed E-state index contributed by atoms with van der Waals surface area (Å²) in [4.78, 5) is 22.6. The number of carbonyl (C=O) groups excluding carboxylic acids is 1. The van der Waals surface area contributed by atoms with E-state index in [4.69, 9.17) is 9.84 Å². The molecule has 160 valence electrons. The van der Waals surface area contributed by atoms with Crippen molar-refractivity contribution in [2.24, 2.45) is 0 Å². The van der Waals surface area contributed by atoms with Gasteiger partial charge in [0.25, 0.3) is 0 Å². The predicted molar refractivity (Wildman–Crippen MR) is 116 cm³/mol. The quantitative estimate of drug-likeness (QED) is 0.159. The monoisotopic (exact) mass is 392 g/mol. The van der Waals surface area contributed by atoms with Gasteiger partial charge in [0.15, 0.2) is 0 Å². The Bertz CT molecular complexity index is 477. The van der Waals surface area contributed by atoms with E-state index in [2.05, 4.69) is 43.4 Å². The maximum Gasteiger partial charge on any atom is 0.306 e. The summed E-state index contributed by atoms with van der Waals surface area (Å²) < 4.78 is 5.52. The normalized spacial score (nSPS) is 12.9. The Morgan fingerprint density at radius 2 is 1.50 bits per heavy atom. The minimum absolute atomic E-state index is 0.134. The van der Waals surface area contributed by atoms with Crippen LogP contribution in [0.1, 0.15) is 97.3 Å². The molecule has 0 saturated carbocycles. The van der Waals surface area contributed by atoms with Gasteiger partial charge in [0.1, 0.15) is 6.10 Å². The average molecular weight is 393 g/mol. The van der Waals surface area contributed by atoms with Crippen LogP contribution in [0, 0.1) is 0 Å². The number of hydrogen-bond acceptors (Lipinski definition) is 3. The Morgan fingerprint density at radius 1 is 0.821 bits per heavy atom. The number of aliphatic carboxylic acids is 1. The van der Waals surface area contributed by atoms with Crippen molar-refractivity contribution in [2.75, 3.05) is 0 Å². The van der Waals surface area contributed by atoms with Crippen LogP contribution in [0.25, 0.3) is 0 Å². The number of carboxylic acids is 1. The van der Waals surface area contributed by atoms with E-state index in [1.165, 1.54) is 0 Å². The second-order valence-electron chi connectivity index (χ2n) is 7.08. The molecule has 0 aromatic heterocycles. The molecule has 1 atom stereocenters. The Hall–Kier alpha value is -1.84. The summed E-state index contributed by atoms with van der Waals surface area (Å²) in [5.74, 6) is -0.942. The third-order valence-corrected chi connectivity index (χ3v) is 4.36. The lowest BCUT2D eigenvalue weighted by molar-refractivity contribution is -0.150. The molecule has 4 nitrogen and oxygen atoms in total. The maximum atomic E-state index is 12.0. The third-order valence-electron chi connectivity index (χ3n) is 4.36. The molecular weight excluding hydrogens is 352 g/mol. The van der Waals surface area contributed by atoms with Crippen molar-refractivity contribution < 1.29 is 19.4 Å². The largest absolute Gasteiger partial charge is 0.481 e. The second-order valence-corrected chi connectivity index (χ2v) is 7.08. The Kier molecular flexibility index (Phi) is 18.6. The van der Waals surface area contributed by atoms with E-state index in [-0.39, 0.29) is 18.5 Å². The molecule has 0 heterocycles. The molecule has 0 aliphatic rings. The van der Waals surface area contributed by atoms with Crippen LogP contribution in [0.4, 0.5) is 0 Å². The topological polar surface area (TPSA) is 63.6 Å². The first-order valence-electron chi connectivity index (χ1n) is 11.0. The van der Waals surface area contributed by atoms with Crippen LogP contribution in [0.3, 0.4) is 0 Å². The van der Waals surface area contributed by atoms with Gasteiger partial charge in [-0.25, -0.2) is 0 Å². The molecule has 0 aliphatic heterocycles. The van der Waals surface area contributed by atoms with Crippen molar-refractivity contribution in [1.29, 1.82) is 0 Å². The summed E-state index contributed by atoms with van der Waals surface area (Å²) in [5.41, 5.74) is 0. The molecule has 0 saturated heterocycles. The highest BCUT2D eigenvalue weighted by atomic mass is 16.5. The molecule has 0 radical (unpaired) electrons. The molecule has 0 aliphatic carbocycles. The molecule has 4 heteroatoms. The van der Waals surface area contributed by atoms with Gasteiger partial charge in [-0.3, -0.25) is 9.59 Å². The summed E-state index contributed by atoms with van der Waals surface area (Å²) in [7, 11) is 0. The van der Waals surface area contributed by atoms with Gasteiger partial charge in [0, 0.05) is 12.8 Å². The van der Waals surface area contributed by atoms with Crippen molar-refractivity contribution in [1.82, 2.24) is 0 Å². The highest BCUT2D eigenvalue weighted by Gasteiger charge is 2.14. The van der Waals surface area contributed by atoms with E-state index >= 15 is 0 Å². The third kappa shape index (κ3) is 18.9. The number of hydrogen-bond donors (Lipinski definition) is 1. The fourth-order valence-electron chi connectivity index (χ4n) is 2.84. The summed E-state index contributed by atoms with van der Waals surface area (Å²) >= 11 is 0. The minimum Gasteiger partial charge on any atom is -0.481 e. The maximum absolute atomic E-state index is 12.0. The molecule has 0 rings (SSSR count). The van der Waals surface area contributed by atoms with Crippen LogP contribution in [0.5, 0.6) is 0 Å². The summed E-state index contributed by atoms with van der Waals surface area (Å²) in [5, 5.41) is 8.71. The number of ether oxygens (including phenoxy) is 1. The molecule has 0 spiro atoms. The molecule has 0 aromatic rings. The van der Waals surface area contributed by atoms with E-state index in [0.717, 1.165) is 57.8 Å². The van der Waals surface area contributed by atoms with Crippen LogP contribution in [-0.4, -0.2) is 23.1 Å². The smallest absolute Gasteiger partial charge is 0.306 e. The zero-order valence-electron chi connectivity index (χ0n) is 17.9. The van der Waals surface area contributed by atoms with Crippen molar-refractivity contribution in [3.8, 4) is 0 Å². The fourth-order valence-corrected chi connectivity index (χ4v) is 2.84. The lowest BCUT2D eigenvalue weighted by atomic mass is 10.1. The lowest BCUT2D eigenvalue weighted by Gasteiger charge is -2.17. The molecule has 1 N–H and O–H groups in total.